The number of hydrogen-bond donors (Lipinski definition) is 2. The minimum absolute atomic E-state index is 0.0974. The Kier molecular flexibility index (Phi) is 3.78. The molecule has 0 radical (unpaired) electrons. The van der Waals surface area contributed by atoms with Gasteiger partial charge in [0.25, 0.3) is 0 Å². The van der Waals surface area contributed by atoms with E-state index in [1.54, 1.807) is 0 Å². The lowest BCUT2D eigenvalue weighted by atomic mass is 9.45. The van der Waals surface area contributed by atoms with Crippen molar-refractivity contribution >= 4 is 5.97 Å². The molecular weight excluding hydrogens is 332 g/mol. The first-order valence-electron chi connectivity index (χ1n) is 9.97. The summed E-state index contributed by atoms with van der Waals surface area (Å²) in [5.41, 5.74) is -1.69. The predicted molar refractivity (Wildman–Crippen MR) is 96.3 cm³/mol. The maximum absolute atomic E-state index is 12.6. The van der Waals surface area contributed by atoms with Crippen molar-refractivity contribution in [2.75, 3.05) is 7.11 Å². The predicted octanol–water partition coefficient (Wildman–Crippen LogP) is 2.59. The molecule has 1 heterocycles. The Morgan fingerprint density at radius 1 is 1.31 bits per heavy atom. The van der Waals surface area contributed by atoms with E-state index in [0.717, 1.165) is 31.3 Å². The molecule has 0 aromatic heterocycles. The summed E-state index contributed by atoms with van der Waals surface area (Å²) in [6.07, 6.45) is 4.74. The summed E-state index contributed by atoms with van der Waals surface area (Å²) in [4.78, 5) is 12.6. The topological polar surface area (TPSA) is 79.3 Å². The Morgan fingerprint density at radius 2 is 2.00 bits per heavy atom. The highest BCUT2D eigenvalue weighted by molar-refractivity contribution is 5.77. The van der Waals surface area contributed by atoms with Crippen molar-refractivity contribution in [3.8, 4) is 0 Å². The number of hydrogen-bond acceptors (Lipinski definition) is 5. The van der Waals surface area contributed by atoms with E-state index >= 15 is 0 Å². The van der Waals surface area contributed by atoms with Gasteiger partial charge in [-0.2, -0.15) is 0 Å². The molecule has 2 saturated carbocycles. The molecule has 3 fully saturated rings. The van der Waals surface area contributed by atoms with Gasteiger partial charge in [-0.1, -0.05) is 33.3 Å². The Hall–Kier alpha value is -0.910. The SMILES string of the molecule is COC(=O)[C@]1(C)CCC[C@@]2(C)C3=C[C@H](O)[C@@]4(C(C)C)O[C@H]4[C@@]3(O)CC[C@@H]12. The van der Waals surface area contributed by atoms with Crippen LogP contribution in [0.1, 0.15) is 59.8 Å². The zero-order chi connectivity index (χ0) is 19.1. The van der Waals surface area contributed by atoms with E-state index in [1.807, 2.05) is 26.8 Å². The van der Waals surface area contributed by atoms with E-state index in [4.69, 9.17) is 9.47 Å². The third-order valence-corrected chi connectivity index (χ3v) is 8.28. The summed E-state index contributed by atoms with van der Waals surface area (Å²) < 4.78 is 11.2. The number of fused-ring (bicyclic) bond motifs is 5. The van der Waals surface area contributed by atoms with Gasteiger partial charge < -0.3 is 19.7 Å². The summed E-state index contributed by atoms with van der Waals surface area (Å²) in [6.45, 7) is 8.24. The largest absolute Gasteiger partial charge is 0.469 e. The van der Waals surface area contributed by atoms with Crippen molar-refractivity contribution in [3.05, 3.63) is 11.6 Å². The molecule has 0 amide bonds. The molecule has 26 heavy (non-hydrogen) atoms. The van der Waals surface area contributed by atoms with Crippen LogP contribution in [-0.4, -0.2) is 46.7 Å². The first-order chi connectivity index (χ1) is 12.1. The highest BCUT2D eigenvalue weighted by atomic mass is 16.6. The summed E-state index contributed by atoms with van der Waals surface area (Å²) >= 11 is 0. The van der Waals surface area contributed by atoms with Gasteiger partial charge >= 0.3 is 5.97 Å². The molecule has 5 nitrogen and oxygen atoms in total. The number of aliphatic hydroxyl groups excluding tert-OH is 1. The molecule has 0 bridgehead atoms. The highest BCUT2D eigenvalue weighted by Gasteiger charge is 2.76. The van der Waals surface area contributed by atoms with E-state index < -0.39 is 22.7 Å². The van der Waals surface area contributed by atoms with Gasteiger partial charge in [0.05, 0.1) is 12.5 Å². The van der Waals surface area contributed by atoms with Crippen LogP contribution in [0.15, 0.2) is 11.6 Å². The first-order valence-corrected chi connectivity index (χ1v) is 9.97. The summed E-state index contributed by atoms with van der Waals surface area (Å²) in [6, 6.07) is 0. The second kappa shape index (κ2) is 5.33. The molecular formula is C21H32O5. The van der Waals surface area contributed by atoms with Crippen molar-refractivity contribution in [1.29, 1.82) is 0 Å². The van der Waals surface area contributed by atoms with Crippen LogP contribution < -0.4 is 0 Å². The monoisotopic (exact) mass is 364 g/mol. The minimum Gasteiger partial charge on any atom is -0.469 e. The average molecular weight is 364 g/mol. The number of esters is 1. The second-order valence-corrected chi connectivity index (χ2v) is 9.73. The van der Waals surface area contributed by atoms with Crippen LogP contribution in [0.3, 0.4) is 0 Å². The molecule has 5 heteroatoms. The molecule has 4 rings (SSSR count). The van der Waals surface area contributed by atoms with Crippen molar-refractivity contribution in [2.45, 2.75) is 83.2 Å². The van der Waals surface area contributed by atoms with Crippen LogP contribution in [0.4, 0.5) is 0 Å². The Bertz CT molecular complexity index is 671. The normalized spacial score (nSPS) is 52.5. The van der Waals surface area contributed by atoms with Gasteiger partial charge in [-0.3, -0.25) is 4.79 Å². The molecule has 4 aliphatic rings. The Balaban J connectivity index is 1.79. The molecule has 0 aromatic rings. The van der Waals surface area contributed by atoms with Crippen LogP contribution in [0, 0.1) is 22.7 Å². The molecule has 2 N–H and O–H groups in total. The third kappa shape index (κ3) is 1.95. The van der Waals surface area contributed by atoms with Crippen molar-refractivity contribution in [1.82, 2.24) is 0 Å². The lowest BCUT2D eigenvalue weighted by molar-refractivity contribution is -0.167. The van der Waals surface area contributed by atoms with E-state index in [0.29, 0.717) is 6.42 Å². The van der Waals surface area contributed by atoms with E-state index in [9.17, 15) is 15.0 Å². The lowest BCUT2D eigenvalue weighted by Crippen LogP contribution is -2.61. The number of aliphatic hydroxyl groups is 2. The molecule has 1 aliphatic heterocycles. The van der Waals surface area contributed by atoms with Crippen LogP contribution in [-0.2, 0) is 14.3 Å². The number of carbonyl (C=O) groups excluding carboxylic acids is 1. The van der Waals surface area contributed by atoms with Gasteiger partial charge in [0.2, 0.25) is 0 Å². The van der Waals surface area contributed by atoms with Gasteiger partial charge in [0.1, 0.15) is 23.4 Å². The minimum atomic E-state index is -1.04. The number of epoxide rings is 1. The molecule has 0 aromatic carbocycles. The number of methoxy groups -OCH3 is 1. The highest BCUT2D eigenvalue weighted by Crippen LogP contribution is 2.68. The summed E-state index contributed by atoms with van der Waals surface area (Å²) in [5, 5.41) is 22.6. The molecule has 146 valence electrons. The average Bonchev–Trinajstić information content (AvgIpc) is 3.35. The molecule has 3 aliphatic carbocycles. The molecule has 7 atom stereocenters. The fraction of sp³-hybridized carbons (Fsp3) is 0.857. The van der Waals surface area contributed by atoms with E-state index in [-0.39, 0.29) is 29.3 Å². The zero-order valence-electron chi connectivity index (χ0n) is 16.5. The van der Waals surface area contributed by atoms with Gasteiger partial charge in [-0.05, 0) is 55.4 Å². The van der Waals surface area contributed by atoms with Gasteiger partial charge in [0, 0.05) is 0 Å². The van der Waals surface area contributed by atoms with Gasteiger partial charge in [-0.25, -0.2) is 0 Å². The van der Waals surface area contributed by atoms with Crippen LogP contribution in [0.2, 0.25) is 0 Å². The van der Waals surface area contributed by atoms with Crippen LogP contribution >= 0.6 is 0 Å². The van der Waals surface area contributed by atoms with E-state index in [2.05, 4.69) is 6.92 Å². The Morgan fingerprint density at radius 3 is 2.62 bits per heavy atom. The lowest BCUT2D eigenvalue weighted by Gasteiger charge is -2.59. The number of ether oxygens (including phenoxy) is 2. The van der Waals surface area contributed by atoms with Crippen LogP contribution in [0.5, 0.6) is 0 Å². The summed E-state index contributed by atoms with van der Waals surface area (Å²) in [7, 11) is 1.46. The number of rotatable bonds is 2. The van der Waals surface area contributed by atoms with Gasteiger partial charge in [0.15, 0.2) is 0 Å². The molecule has 0 spiro atoms. The number of carbonyl (C=O) groups is 1. The quantitative estimate of drug-likeness (QED) is 0.447. The molecule has 0 unspecified atom stereocenters. The van der Waals surface area contributed by atoms with Crippen LogP contribution in [0.25, 0.3) is 0 Å². The third-order valence-electron chi connectivity index (χ3n) is 8.28. The zero-order valence-corrected chi connectivity index (χ0v) is 16.5. The van der Waals surface area contributed by atoms with Crippen molar-refractivity contribution in [2.24, 2.45) is 22.7 Å². The van der Waals surface area contributed by atoms with Gasteiger partial charge in [-0.15, -0.1) is 0 Å². The second-order valence-electron chi connectivity index (χ2n) is 9.73. The fourth-order valence-electron chi connectivity index (χ4n) is 6.85. The van der Waals surface area contributed by atoms with Crippen molar-refractivity contribution < 1.29 is 24.5 Å². The maximum Gasteiger partial charge on any atom is 0.311 e. The first kappa shape index (κ1) is 18.5. The van der Waals surface area contributed by atoms with Crippen molar-refractivity contribution in [3.63, 3.8) is 0 Å². The summed E-state index contributed by atoms with van der Waals surface area (Å²) in [5.74, 6) is 0.0665. The smallest absolute Gasteiger partial charge is 0.311 e. The Labute approximate surface area is 155 Å². The van der Waals surface area contributed by atoms with E-state index in [1.165, 1.54) is 7.11 Å². The molecule has 1 saturated heterocycles. The fourth-order valence-corrected chi connectivity index (χ4v) is 6.85. The maximum atomic E-state index is 12.6. The standard InChI is InChI=1S/C21H32O5/c1-12(2)21-15(22)11-14-18(3)8-6-9-19(4,17(23)25-5)13(18)7-10-20(14,24)16(21)26-21/h11-13,15-16,22,24H,6-10H2,1-5H3/t13-,15+,16+,18-,19-,20-,21-/m1/s1.